The summed E-state index contributed by atoms with van der Waals surface area (Å²) in [6, 6.07) is 9.85. The maximum atomic E-state index is 13.9. The van der Waals surface area contributed by atoms with E-state index in [-0.39, 0.29) is 35.5 Å². The molecule has 1 fully saturated rings. The number of phenolic OH excluding ortho intramolecular Hbond substituents is 1. The Labute approximate surface area is 230 Å². The van der Waals surface area contributed by atoms with Crippen molar-refractivity contribution in [2.24, 2.45) is 23.0 Å². The van der Waals surface area contributed by atoms with Crippen LogP contribution in [-0.2, 0) is 40.3 Å². The Kier molecular flexibility index (Phi) is 5.89. The molecule has 1 aliphatic heterocycles. The number of Topliss-reactive ketones (excluding diaryl/α,β-unsaturated/α-hetero) is 2. The predicted octanol–water partition coefficient (Wildman–Crippen LogP) is 3.91. The molecule has 8 nitrogen and oxygen atoms in total. The summed E-state index contributed by atoms with van der Waals surface area (Å²) < 4.78 is 0. The Morgan fingerprint density at radius 3 is 2.59 bits per heavy atom. The lowest BCUT2D eigenvalue weighted by molar-refractivity contribution is -0.134. The van der Waals surface area contributed by atoms with Gasteiger partial charge in [-0.3, -0.25) is 19.3 Å². The minimum absolute atomic E-state index is 0.0673. The zero-order valence-corrected chi connectivity index (χ0v) is 22.2. The zero-order valence-electron chi connectivity index (χ0n) is 21.5. The number of aliphatic hydroxyl groups excluding tert-OH is 2. The van der Waals surface area contributed by atoms with Crippen LogP contribution in [0.5, 0.6) is 5.75 Å². The third-order valence-electron chi connectivity index (χ3n) is 9.16. The van der Waals surface area contributed by atoms with Gasteiger partial charge >= 0.3 is 0 Å². The predicted molar refractivity (Wildman–Crippen MR) is 144 cm³/mol. The summed E-state index contributed by atoms with van der Waals surface area (Å²) in [5.74, 6) is -4.51. The van der Waals surface area contributed by atoms with Crippen molar-refractivity contribution >= 4 is 34.8 Å². The Balaban J connectivity index is 1.38. The number of primary amides is 1. The number of fused-ring (bicyclic) bond motifs is 4. The van der Waals surface area contributed by atoms with Crippen LogP contribution in [0.25, 0.3) is 5.76 Å². The van der Waals surface area contributed by atoms with Gasteiger partial charge in [0, 0.05) is 36.7 Å². The van der Waals surface area contributed by atoms with Gasteiger partial charge in [0.05, 0.1) is 11.0 Å². The van der Waals surface area contributed by atoms with Crippen LogP contribution in [0.1, 0.15) is 47.6 Å². The van der Waals surface area contributed by atoms with Gasteiger partial charge in [0.2, 0.25) is 0 Å². The number of carbonyl (C=O) groups excluding carboxylic acids is 3. The molecule has 1 heterocycles. The second kappa shape index (κ2) is 8.96. The van der Waals surface area contributed by atoms with Crippen LogP contribution in [0.4, 0.5) is 0 Å². The van der Waals surface area contributed by atoms with Crippen molar-refractivity contribution in [1.29, 1.82) is 0 Å². The monoisotopic (exact) mass is 548 g/mol. The average Bonchev–Trinajstić information content (AvgIpc) is 2.88. The number of aliphatic hydroxyl groups is 2. The first-order valence-electron chi connectivity index (χ1n) is 13.1. The van der Waals surface area contributed by atoms with Crippen molar-refractivity contribution in [3.63, 3.8) is 0 Å². The number of carbonyl (C=O) groups is 3. The average molecular weight is 549 g/mol. The molecule has 4 aliphatic rings. The van der Waals surface area contributed by atoms with Crippen molar-refractivity contribution in [2.45, 2.75) is 45.7 Å². The van der Waals surface area contributed by atoms with Gasteiger partial charge in [0.25, 0.3) is 5.91 Å². The highest BCUT2D eigenvalue weighted by molar-refractivity contribution is 6.32. The SMILES string of the molecule is C[C@]12C(=O)C3=C(O)c4c(O)cc(CN5CCc6ccccc6C5)c(Cl)c4CC3C[C@H]1CC(=O)C(C(N)=O)=C2O. The first-order chi connectivity index (χ1) is 18.5. The molecular formula is C30H29ClN2O6. The molecule has 0 bridgehead atoms. The second-order valence-electron chi connectivity index (χ2n) is 11.3. The highest BCUT2D eigenvalue weighted by Gasteiger charge is 2.58. The maximum absolute atomic E-state index is 13.9. The third-order valence-corrected chi connectivity index (χ3v) is 9.63. The van der Waals surface area contributed by atoms with Crippen LogP contribution in [-0.4, -0.2) is 44.2 Å². The normalized spacial score (nSPS) is 26.6. The van der Waals surface area contributed by atoms with E-state index in [9.17, 15) is 29.7 Å². The van der Waals surface area contributed by atoms with E-state index in [1.807, 2.05) is 12.1 Å². The molecule has 1 amide bonds. The first kappa shape index (κ1) is 25.6. The smallest absolute Gasteiger partial charge is 0.255 e. The van der Waals surface area contributed by atoms with Crippen molar-refractivity contribution in [1.82, 2.24) is 4.90 Å². The molecule has 0 saturated heterocycles. The quantitative estimate of drug-likeness (QED) is 0.426. The number of ketones is 2. The van der Waals surface area contributed by atoms with E-state index in [1.54, 1.807) is 6.07 Å². The van der Waals surface area contributed by atoms with Gasteiger partial charge in [-0.15, -0.1) is 0 Å². The number of aromatic hydroxyl groups is 1. The summed E-state index contributed by atoms with van der Waals surface area (Å²) in [5.41, 5.74) is 7.25. The number of hydrogen-bond donors (Lipinski definition) is 4. The van der Waals surface area contributed by atoms with E-state index < -0.39 is 46.1 Å². The number of halogens is 1. The zero-order chi connectivity index (χ0) is 27.8. The number of nitrogens with two attached hydrogens (primary N) is 1. The van der Waals surface area contributed by atoms with Crippen LogP contribution < -0.4 is 5.73 Å². The molecule has 2 aromatic carbocycles. The Morgan fingerprint density at radius 2 is 1.87 bits per heavy atom. The molecule has 1 saturated carbocycles. The summed E-state index contributed by atoms with van der Waals surface area (Å²) in [6.07, 6.45) is 1.40. The summed E-state index contributed by atoms with van der Waals surface area (Å²) in [6.45, 7) is 3.59. The third kappa shape index (κ3) is 3.72. The van der Waals surface area contributed by atoms with E-state index >= 15 is 0 Å². The summed E-state index contributed by atoms with van der Waals surface area (Å²) in [7, 11) is 0. The lowest BCUT2D eigenvalue weighted by Gasteiger charge is -2.47. The fourth-order valence-corrected chi connectivity index (χ4v) is 7.32. The highest BCUT2D eigenvalue weighted by Crippen LogP contribution is 2.56. The molecule has 9 heteroatoms. The molecule has 0 spiro atoms. The van der Waals surface area contributed by atoms with Crippen LogP contribution in [0, 0.1) is 17.3 Å². The fraction of sp³-hybridized carbons (Fsp3) is 0.367. The maximum Gasteiger partial charge on any atom is 0.255 e. The highest BCUT2D eigenvalue weighted by atomic mass is 35.5. The molecule has 0 radical (unpaired) electrons. The Bertz CT molecular complexity index is 1540. The molecule has 5 N–H and O–H groups in total. The molecule has 6 rings (SSSR count). The van der Waals surface area contributed by atoms with Crippen LogP contribution in [0.15, 0.2) is 47.2 Å². The van der Waals surface area contributed by atoms with Crippen LogP contribution >= 0.6 is 11.6 Å². The first-order valence-corrected chi connectivity index (χ1v) is 13.5. The largest absolute Gasteiger partial charge is 0.510 e. The number of nitrogens with zero attached hydrogens (tertiary/aromatic N) is 1. The van der Waals surface area contributed by atoms with Gasteiger partial charge in [-0.25, -0.2) is 0 Å². The van der Waals surface area contributed by atoms with Gasteiger partial charge < -0.3 is 21.1 Å². The van der Waals surface area contributed by atoms with Gasteiger partial charge in [-0.05, 0) is 66.3 Å². The van der Waals surface area contributed by atoms with Gasteiger partial charge in [0.15, 0.2) is 11.6 Å². The second-order valence-corrected chi connectivity index (χ2v) is 11.7. The summed E-state index contributed by atoms with van der Waals surface area (Å²) >= 11 is 6.91. The Morgan fingerprint density at radius 1 is 1.15 bits per heavy atom. The number of benzene rings is 2. The van der Waals surface area contributed by atoms with Crippen molar-refractivity contribution < 1.29 is 29.7 Å². The molecular weight excluding hydrogens is 520 g/mol. The van der Waals surface area contributed by atoms with Crippen molar-refractivity contribution in [2.75, 3.05) is 6.54 Å². The van der Waals surface area contributed by atoms with E-state index in [0.29, 0.717) is 23.6 Å². The number of phenols is 1. The molecule has 0 aromatic heterocycles. The molecule has 3 atom stereocenters. The van der Waals surface area contributed by atoms with Crippen LogP contribution in [0.3, 0.4) is 0 Å². The molecule has 1 unspecified atom stereocenters. The van der Waals surface area contributed by atoms with E-state index in [2.05, 4.69) is 17.0 Å². The van der Waals surface area contributed by atoms with Gasteiger partial charge in [-0.2, -0.15) is 0 Å². The lowest BCUT2D eigenvalue weighted by Crippen LogP contribution is -2.51. The minimum atomic E-state index is -1.58. The number of hydrogen-bond acceptors (Lipinski definition) is 7. The van der Waals surface area contributed by atoms with Gasteiger partial charge in [-0.1, -0.05) is 35.9 Å². The van der Waals surface area contributed by atoms with Crippen molar-refractivity contribution in [3.8, 4) is 5.75 Å². The summed E-state index contributed by atoms with van der Waals surface area (Å²) in [4.78, 5) is 40.6. The summed E-state index contributed by atoms with van der Waals surface area (Å²) in [5, 5.41) is 33.7. The van der Waals surface area contributed by atoms with E-state index in [4.69, 9.17) is 17.3 Å². The van der Waals surface area contributed by atoms with Crippen molar-refractivity contribution in [3.05, 3.63) is 80.1 Å². The van der Waals surface area contributed by atoms with Gasteiger partial charge in [0.1, 0.15) is 22.8 Å². The Hall–Kier alpha value is -3.62. The van der Waals surface area contributed by atoms with E-state index in [1.165, 1.54) is 18.1 Å². The number of allylic oxidation sites excluding steroid dienone is 2. The lowest BCUT2D eigenvalue weighted by atomic mass is 9.54. The van der Waals surface area contributed by atoms with E-state index in [0.717, 1.165) is 25.1 Å². The molecule has 2 aromatic rings. The number of amides is 1. The standard InChI is InChI=1S/C30H29ClN2O6/c1-30-18(11-21(35)24(28(30)38)29(32)39)8-16-9-19-23(26(36)22(16)27(30)37)20(34)10-17(25(19)31)13-33-7-6-14-4-2-3-5-15(14)12-33/h2-5,10,16,18,34,36,38H,6-9,11-13H2,1H3,(H2,32,39)/t16?,18-,30+/m0/s1. The number of rotatable bonds is 3. The molecule has 39 heavy (non-hydrogen) atoms. The molecule has 3 aliphatic carbocycles. The fourth-order valence-electron chi connectivity index (χ4n) is 7.03. The topological polar surface area (TPSA) is 141 Å². The minimum Gasteiger partial charge on any atom is -0.510 e. The van der Waals surface area contributed by atoms with Crippen LogP contribution in [0.2, 0.25) is 5.02 Å². The molecule has 202 valence electrons.